The Hall–Kier alpha value is -2.85. The summed E-state index contributed by atoms with van der Waals surface area (Å²) in [6.45, 7) is -0.261. The number of carbonyl (C=O) groups is 1. The smallest absolute Gasteiger partial charge is 0.356 e. The zero-order chi connectivity index (χ0) is 18.6. The summed E-state index contributed by atoms with van der Waals surface area (Å²) < 4.78 is 62.9. The number of hydrogen-bond donors (Lipinski definition) is 2. The average Bonchev–Trinajstić information content (AvgIpc) is 2.54. The minimum Gasteiger partial charge on any atom is -0.356 e. The highest BCUT2D eigenvalue weighted by molar-refractivity contribution is 5.84. The van der Waals surface area contributed by atoms with E-state index in [2.05, 4.69) is 20.3 Å². The minimum absolute atomic E-state index is 0. The van der Waals surface area contributed by atoms with Gasteiger partial charge < -0.3 is 10.6 Å². The first-order valence-corrected chi connectivity index (χ1v) is 6.91. The Morgan fingerprint density at radius 2 is 1.96 bits per heavy atom. The molecule has 2 aromatic rings. The van der Waals surface area contributed by atoms with Crippen molar-refractivity contribution in [2.24, 2.45) is 0 Å². The number of halogens is 5. The summed E-state index contributed by atoms with van der Waals surface area (Å²) in [5.74, 6) is -3.00. The molecular formula is C14H16F5N5O. The van der Waals surface area contributed by atoms with Gasteiger partial charge >= 0.3 is 6.18 Å². The third-order valence-electron chi connectivity index (χ3n) is 2.94. The summed E-state index contributed by atoms with van der Waals surface area (Å²) in [6.07, 6.45) is -2.61. The predicted molar refractivity (Wildman–Crippen MR) is 81.6 cm³/mol. The SMILES string of the molecule is C[C@@H](Nc1nc(-c2ccc(F)nc2)ncc1F)C(=O)NCC(F)(F)F.[HH].[HH]. The van der Waals surface area contributed by atoms with Gasteiger partial charge in [0.15, 0.2) is 17.5 Å². The molecule has 0 spiro atoms. The van der Waals surface area contributed by atoms with Crippen LogP contribution in [0.3, 0.4) is 0 Å². The molecule has 0 aliphatic heterocycles. The molecule has 2 rings (SSSR count). The monoisotopic (exact) mass is 365 g/mol. The molecule has 25 heavy (non-hydrogen) atoms. The molecule has 2 heterocycles. The van der Waals surface area contributed by atoms with Gasteiger partial charge in [-0.25, -0.2) is 19.3 Å². The van der Waals surface area contributed by atoms with Crippen LogP contribution in [0.1, 0.15) is 9.78 Å². The molecule has 0 saturated carbocycles. The fourth-order valence-electron chi connectivity index (χ4n) is 1.73. The van der Waals surface area contributed by atoms with E-state index in [1.165, 1.54) is 13.0 Å². The largest absolute Gasteiger partial charge is 0.405 e. The number of pyridine rings is 1. The molecule has 138 valence electrons. The van der Waals surface area contributed by atoms with E-state index in [0.29, 0.717) is 5.56 Å². The van der Waals surface area contributed by atoms with Gasteiger partial charge in [0, 0.05) is 14.6 Å². The first-order chi connectivity index (χ1) is 11.7. The Bertz CT molecular complexity index is 761. The van der Waals surface area contributed by atoms with Crippen molar-refractivity contribution in [1.29, 1.82) is 0 Å². The number of anilines is 1. The van der Waals surface area contributed by atoms with Crippen LogP contribution in [0.25, 0.3) is 11.4 Å². The third-order valence-corrected chi connectivity index (χ3v) is 2.94. The molecular weight excluding hydrogens is 349 g/mol. The fourth-order valence-corrected chi connectivity index (χ4v) is 1.73. The molecule has 0 bridgehead atoms. The van der Waals surface area contributed by atoms with Crippen LogP contribution in [0.15, 0.2) is 24.5 Å². The summed E-state index contributed by atoms with van der Waals surface area (Å²) in [7, 11) is 0. The summed E-state index contributed by atoms with van der Waals surface area (Å²) in [4.78, 5) is 22.6. The summed E-state index contributed by atoms with van der Waals surface area (Å²) in [5, 5.41) is 4.04. The van der Waals surface area contributed by atoms with Gasteiger partial charge in [0.2, 0.25) is 11.9 Å². The van der Waals surface area contributed by atoms with Crippen molar-refractivity contribution in [3.8, 4) is 11.4 Å². The molecule has 0 unspecified atom stereocenters. The molecule has 2 N–H and O–H groups in total. The zero-order valence-corrected chi connectivity index (χ0v) is 12.7. The summed E-state index contributed by atoms with van der Waals surface area (Å²) in [5.41, 5.74) is 0.290. The van der Waals surface area contributed by atoms with Crippen LogP contribution in [-0.4, -0.2) is 39.6 Å². The number of nitrogens with zero attached hydrogens (tertiary/aromatic N) is 3. The maximum Gasteiger partial charge on any atom is 0.405 e. The molecule has 11 heteroatoms. The van der Waals surface area contributed by atoms with Crippen LogP contribution >= 0.6 is 0 Å². The van der Waals surface area contributed by atoms with Crippen LogP contribution in [-0.2, 0) is 4.79 Å². The van der Waals surface area contributed by atoms with Crippen molar-refractivity contribution < 1.29 is 29.6 Å². The molecule has 0 aromatic carbocycles. The van der Waals surface area contributed by atoms with Gasteiger partial charge in [-0.1, -0.05) is 0 Å². The van der Waals surface area contributed by atoms with E-state index in [4.69, 9.17) is 0 Å². The number of amides is 1. The Kier molecular flexibility index (Phi) is 5.45. The second-order valence-corrected chi connectivity index (χ2v) is 4.96. The number of rotatable bonds is 5. The normalized spacial score (nSPS) is 12.6. The first-order valence-electron chi connectivity index (χ1n) is 6.91. The van der Waals surface area contributed by atoms with Gasteiger partial charge in [-0.05, 0) is 19.1 Å². The highest BCUT2D eigenvalue weighted by Crippen LogP contribution is 2.18. The van der Waals surface area contributed by atoms with Crippen molar-refractivity contribution in [2.45, 2.75) is 19.1 Å². The summed E-state index contributed by atoms with van der Waals surface area (Å²) in [6, 6.07) is 1.19. The zero-order valence-electron chi connectivity index (χ0n) is 12.7. The molecule has 0 aliphatic carbocycles. The van der Waals surface area contributed by atoms with E-state index in [1.807, 2.05) is 0 Å². The Labute approximate surface area is 141 Å². The molecule has 0 saturated heterocycles. The molecule has 0 fully saturated rings. The van der Waals surface area contributed by atoms with Gasteiger partial charge in [0.05, 0.1) is 6.20 Å². The molecule has 6 nitrogen and oxygen atoms in total. The molecule has 1 amide bonds. The highest BCUT2D eigenvalue weighted by Gasteiger charge is 2.29. The van der Waals surface area contributed by atoms with Gasteiger partial charge in [-0.15, -0.1) is 0 Å². The van der Waals surface area contributed by atoms with E-state index in [1.54, 1.807) is 5.32 Å². The van der Waals surface area contributed by atoms with Crippen LogP contribution < -0.4 is 10.6 Å². The lowest BCUT2D eigenvalue weighted by atomic mass is 10.2. The fraction of sp³-hybridized carbons (Fsp3) is 0.286. The van der Waals surface area contributed by atoms with Gasteiger partial charge in [-0.2, -0.15) is 17.6 Å². The molecule has 0 radical (unpaired) electrons. The second-order valence-electron chi connectivity index (χ2n) is 4.96. The van der Waals surface area contributed by atoms with E-state index in [-0.39, 0.29) is 14.5 Å². The van der Waals surface area contributed by atoms with Crippen molar-refractivity contribution in [3.05, 3.63) is 36.3 Å². The van der Waals surface area contributed by atoms with E-state index in [9.17, 15) is 26.7 Å². The lowest BCUT2D eigenvalue weighted by Crippen LogP contribution is -2.42. The van der Waals surface area contributed by atoms with Crippen molar-refractivity contribution in [2.75, 3.05) is 11.9 Å². The number of carbonyl (C=O) groups excluding carboxylic acids is 1. The van der Waals surface area contributed by atoms with E-state index >= 15 is 0 Å². The Balaban J connectivity index is 0.00000338. The van der Waals surface area contributed by atoms with Gasteiger partial charge in [0.25, 0.3) is 0 Å². The summed E-state index contributed by atoms with van der Waals surface area (Å²) >= 11 is 0. The Morgan fingerprint density at radius 3 is 2.56 bits per heavy atom. The quantitative estimate of drug-likeness (QED) is 0.629. The predicted octanol–water partition coefficient (Wildman–Crippen LogP) is 2.79. The first kappa shape index (κ1) is 18.5. The number of hydrogen-bond acceptors (Lipinski definition) is 5. The second kappa shape index (κ2) is 7.36. The number of nitrogens with one attached hydrogen (secondary N) is 2. The minimum atomic E-state index is -4.56. The van der Waals surface area contributed by atoms with Crippen LogP contribution in [0.2, 0.25) is 0 Å². The van der Waals surface area contributed by atoms with Crippen molar-refractivity contribution in [1.82, 2.24) is 20.3 Å². The third kappa shape index (κ3) is 5.33. The Morgan fingerprint density at radius 1 is 1.24 bits per heavy atom. The topological polar surface area (TPSA) is 79.8 Å². The average molecular weight is 365 g/mol. The van der Waals surface area contributed by atoms with Crippen molar-refractivity contribution in [3.63, 3.8) is 0 Å². The van der Waals surface area contributed by atoms with Crippen LogP contribution in [0, 0.1) is 11.8 Å². The highest BCUT2D eigenvalue weighted by atomic mass is 19.4. The number of alkyl halides is 3. The van der Waals surface area contributed by atoms with Crippen LogP contribution in [0.4, 0.5) is 27.8 Å². The van der Waals surface area contributed by atoms with Crippen LogP contribution in [0.5, 0.6) is 0 Å². The maximum absolute atomic E-state index is 13.8. The lowest BCUT2D eigenvalue weighted by Gasteiger charge is -2.16. The molecule has 1 atom stereocenters. The van der Waals surface area contributed by atoms with Gasteiger partial charge in [0.1, 0.15) is 12.6 Å². The van der Waals surface area contributed by atoms with Crippen molar-refractivity contribution >= 4 is 11.7 Å². The maximum atomic E-state index is 13.8. The van der Waals surface area contributed by atoms with Gasteiger partial charge in [-0.3, -0.25) is 4.79 Å². The number of aromatic nitrogens is 3. The van der Waals surface area contributed by atoms with E-state index in [0.717, 1.165) is 18.5 Å². The molecule has 0 aliphatic rings. The lowest BCUT2D eigenvalue weighted by molar-refractivity contribution is -0.138. The van der Waals surface area contributed by atoms with E-state index < -0.39 is 36.4 Å². The standard InChI is InChI=1S/C14H12F5N5O.2H2/c1-7(13(25)22-6-14(17,18)19)23-12-9(15)5-21-11(24-12)8-2-3-10(16)20-4-8;;/h2-5,7H,6H2,1H3,(H,22,25)(H,21,23,24);2*1H/t7-;;/m1../s1. The molecule has 2 aromatic heterocycles.